The summed E-state index contributed by atoms with van der Waals surface area (Å²) < 4.78 is 0. The van der Waals surface area contributed by atoms with Gasteiger partial charge in [-0.25, -0.2) is 0 Å². The molecular weight excluding hydrogens is 288 g/mol. The van der Waals surface area contributed by atoms with E-state index in [1.54, 1.807) is 0 Å². The first-order chi connectivity index (χ1) is 9.58. The van der Waals surface area contributed by atoms with Crippen molar-refractivity contribution >= 4 is 34.6 Å². The van der Waals surface area contributed by atoms with E-state index >= 15 is 0 Å². The topological polar surface area (TPSA) is 24.1 Å². The maximum atomic E-state index is 6.09. The second-order valence-electron chi connectivity index (χ2n) is 4.65. The van der Waals surface area contributed by atoms with Gasteiger partial charge in [0.2, 0.25) is 0 Å². The summed E-state index contributed by atoms with van der Waals surface area (Å²) in [7, 11) is 0. The van der Waals surface area contributed by atoms with Crippen LogP contribution in [-0.4, -0.2) is 5.11 Å². The van der Waals surface area contributed by atoms with Gasteiger partial charge >= 0.3 is 0 Å². The van der Waals surface area contributed by atoms with Crippen LogP contribution in [0.2, 0.25) is 5.02 Å². The number of hydrogen-bond donors (Lipinski definition) is 2. The quantitative estimate of drug-likeness (QED) is 0.820. The molecule has 0 heterocycles. The predicted octanol–water partition coefficient (Wildman–Crippen LogP) is 4.44. The van der Waals surface area contributed by atoms with Gasteiger partial charge in [0.1, 0.15) is 0 Å². The number of halogens is 1. The lowest BCUT2D eigenvalue weighted by Crippen LogP contribution is -2.28. The average molecular weight is 305 g/mol. The lowest BCUT2D eigenvalue weighted by Gasteiger charge is -2.14. The minimum Gasteiger partial charge on any atom is -0.358 e. The minimum atomic E-state index is 0.596. The highest BCUT2D eigenvalue weighted by Crippen LogP contribution is 2.22. The van der Waals surface area contributed by atoms with Crippen LogP contribution in [0.15, 0.2) is 42.5 Å². The summed E-state index contributed by atoms with van der Waals surface area (Å²) in [5.41, 5.74) is 4.41. The highest BCUT2D eigenvalue weighted by atomic mass is 35.5. The Morgan fingerprint density at radius 1 is 1.10 bits per heavy atom. The number of anilines is 1. The van der Waals surface area contributed by atoms with Crippen molar-refractivity contribution in [1.82, 2.24) is 5.32 Å². The van der Waals surface area contributed by atoms with E-state index in [0.29, 0.717) is 11.7 Å². The van der Waals surface area contributed by atoms with Gasteiger partial charge in [-0.1, -0.05) is 41.9 Å². The molecule has 4 heteroatoms. The third-order valence-electron chi connectivity index (χ3n) is 3.22. The molecule has 0 radical (unpaired) electrons. The molecule has 0 aliphatic rings. The zero-order chi connectivity index (χ0) is 14.5. The van der Waals surface area contributed by atoms with E-state index in [-0.39, 0.29) is 0 Å². The fourth-order valence-corrected chi connectivity index (χ4v) is 2.25. The van der Waals surface area contributed by atoms with E-state index in [2.05, 4.69) is 29.7 Å². The maximum Gasteiger partial charge on any atom is 0.171 e. The standard InChI is InChI=1S/C16H17ClN2S/c1-11-6-3-4-7-13(11)10-18-16(20)19-15-9-5-8-14(17)12(15)2/h3-9H,10H2,1-2H3,(H2,18,19,20). The summed E-state index contributed by atoms with van der Waals surface area (Å²) >= 11 is 11.4. The molecule has 104 valence electrons. The first-order valence-electron chi connectivity index (χ1n) is 6.42. The Balaban J connectivity index is 1.96. The van der Waals surface area contributed by atoms with Crippen LogP contribution in [0.3, 0.4) is 0 Å². The van der Waals surface area contributed by atoms with E-state index in [4.69, 9.17) is 23.8 Å². The molecule has 2 aromatic carbocycles. The van der Waals surface area contributed by atoms with Crippen LogP contribution in [0, 0.1) is 13.8 Å². The zero-order valence-electron chi connectivity index (χ0n) is 11.5. The Morgan fingerprint density at radius 3 is 2.60 bits per heavy atom. The number of aryl methyl sites for hydroxylation is 1. The molecule has 2 aromatic rings. The molecule has 0 unspecified atom stereocenters. The Bertz CT molecular complexity index is 626. The van der Waals surface area contributed by atoms with Crippen LogP contribution < -0.4 is 10.6 Å². The van der Waals surface area contributed by atoms with Gasteiger partial charge < -0.3 is 10.6 Å². The molecule has 0 saturated carbocycles. The Hall–Kier alpha value is -1.58. The van der Waals surface area contributed by atoms with Crippen LogP contribution in [0.25, 0.3) is 0 Å². The van der Waals surface area contributed by atoms with Gasteiger partial charge in [-0.15, -0.1) is 0 Å². The molecule has 2 nitrogen and oxygen atoms in total. The molecule has 0 amide bonds. The SMILES string of the molecule is Cc1ccccc1CNC(=S)Nc1cccc(Cl)c1C. The summed E-state index contributed by atoms with van der Waals surface area (Å²) in [6, 6.07) is 14.0. The van der Waals surface area contributed by atoms with Crippen LogP contribution in [0.5, 0.6) is 0 Å². The number of rotatable bonds is 3. The predicted molar refractivity (Wildman–Crippen MR) is 90.4 cm³/mol. The Labute approximate surface area is 130 Å². The van der Waals surface area contributed by atoms with E-state index in [1.165, 1.54) is 11.1 Å². The molecule has 0 saturated heterocycles. The number of nitrogens with one attached hydrogen (secondary N) is 2. The summed E-state index contributed by atoms with van der Waals surface area (Å²) in [5.74, 6) is 0. The third-order valence-corrected chi connectivity index (χ3v) is 3.87. The second-order valence-corrected chi connectivity index (χ2v) is 5.46. The molecule has 0 aromatic heterocycles. The zero-order valence-corrected chi connectivity index (χ0v) is 13.1. The van der Waals surface area contributed by atoms with E-state index in [0.717, 1.165) is 16.3 Å². The molecule has 0 aliphatic heterocycles. The highest BCUT2D eigenvalue weighted by molar-refractivity contribution is 7.80. The van der Waals surface area contributed by atoms with Crippen molar-refractivity contribution in [3.8, 4) is 0 Å². The van der Waals surface area contributed by atoms with Crippen LogP contribution >= 0.6 is 23.8 Å². The Kier molecular flexibility index (Phi) is 4.99. The van der Waals surface area contributed by atoms with E-state index < -0.39 is 0 Å². The third kappa shape index (κ3) is 3.71. The van der Waals surface area contributed by atoms with Crippen molar-refractivity contribution in [2.75, 3.05) is 5.32 Å². The summed E-state index contributed by atoms with van der Waals surface area (Å²) in [6.07, 6.45) is 0. The smallest absolute Gasteiger partial charge is 0.171 e. The van der Waals surface area contributed by atoms with Crippen molar-refractivity contribution in [1.29, 1.82) is 0 Å². The van der Waals surface area contributed by atoms with Gasteiger partial charge in [0.25, 0.3) is 0 Å². The number of benzene rings is 2. The molecule has 2 N–H and O–H groups in total. The fourth-order valence-electron chi connectivity index (χ4n) is 1.89. The van der Waals surface area contributed by atoms with Gasteiger partial charge in [0.05, 0.1) is 0 Å². The maximum absolute atomic E-state index is 6.09. The monoisotopic (exact) mass is 304 g/mol. The average Bonchev–Trinajstić information content (AvgIpc) is 2.43. The molecule has 0 spiro atoms. The first kappa shape index (κ1) is 14.8. The van der Waals surface area contributed by atoms with Crippen molar-refractivity contribution < 1.29 is 0 Å². The second kappa shape index (κ2) is 6.73. The van der Waals surface area contributed by atoms with Gasteiger partial charge in [-0.3, -0.25) is 0 Å². The molecule has 0 fully saturated rings. The van der Waals surface area contributed by atoms with Gasteiger partial charge in [0, 0.05) is 17.3 Å². The Morgan fingerprint density at radius 2 is 1.85 bits per heavy atom. The molecular formula is C16H17ClN2S. The summed E-state index contributed by atoms with van der Waals surface area (Å²) in [6.45, 7) is 4.77. The lowest BCUT2D eigenvalue weighted by molar-refractivity contribution is 0.915. The molecule has 0 atom stereocenters. The molecule has 0 aliphatic carbocycles. The lowest BCUT2D eigenvalue weighted by atomic mass is 10.1. The van der Waals surface area contributed by atoms with Crippen LogP contribution in [-0.2, 0) is 6.54 Å². The number of thiocarbonyl (C=S) groups is 1. The first-order valence-corrected chi connectivity index (χ1v) is 7.21. The van der Waals surface area contributed by atoms with Gasteiger partial charge in [-0.2, -0.15) is 0 Å². The molecule has 20 heavy (non-hydrogen) atoms. The summed E-state index contributed by atoms with van der Waals surface area (Å²) in [5, 5.41) is 7.72. The fraction of sp³-hybridized carbons (Fsp3) is 0.188. The molecule has 2 rings (SSSR count). The van der Waals surface area contributed by atoms with Crippen molar-refractivity contribution in [3.05, 3.63) is 64.2 Å². The van der Waals surface area contributed by atoms with Crippen molar-refractivity contribution in [2.45, 2.75) is 20.4 Å². The van der Waals surface area contributed by atoms with E-state index in [9.17, 15) is 0 Å². The van der Waals surface area contributed by atoms with Crippen molar-refractivity contribution in [3.63, 3.8) is 0 Å². The highest BCUT2D eigenvalue weighted by Gasteiger charge is 2.04. The van der Waals surface area contributed by atoms with Gasteiger partial charge in [0.15, 0.2) is 5.11 Å². The normalized spacial score (nSPS) is 10.2. The van der Waals surface area contributed by atoms with Crippen LogP contribution in [0.4, 0.5) is 5.69 Å². The van der Waals surface area contributed by atoms with E-state index in [1.807, 2.05) is 37.3 Å². The number of hydrogen-bond acceptors (Lipinski definition) is 1. The van der Waals surface area contributed by atoms with Crippen LogP contribution in [0.1, 0.15) is 16.7 Å². The van der Waals surface area contributed by atoms with Crippen molar-refractivity contribution in [2.24, 2.45) is 0 Å². The minimum absolute atomic E-state index is 0.596. The van der Waals surface area contributed by atoms with Gasteiger partial charge in [-0.05, 0) is 54.9 Å². The molecule has 0 bridgehead atoms. The largest absolute Gasteiger partial charge is 0.358 e. The summed E-state index contributed by atoms with van der Waals surface area (Å²) in [4.78, 5) is 0.